The van der Waals surface area contributed by atoms with Crippen molar-refractivity contribution in [2.24, 2.45) is 0 Å². The summed E-state index contributed by atoms with van der Waals surface area (Å²) >= 11 is 0. The number of benzene rings is 2. The number of rotatable bonds is 6. The zero-order chi connectivity index (χ0) is 24.1. The summed E-state index contributed by atoms with van der Waals surface area (Å²) in [4.78, 5) is 39.1. The average molecular weight is 457 g/mol. The highest BCUT2D eigenvalue weighted by Gasteiger charge is 2.29. The molecule has 0 aliphatic carbocycles. The molecule has 174 valence electrons. The van der Waals surface area contributed by atoms with Gasteiger partial charge in [-0.2, -0.15) is 0 Å². The molecule has 1 aliphatic rings. The first-order valence-corrected chi connectivity index (χ1v) is 10.4. The Bertz CT molecular complexity index is 1050. The predicted molar refractivity (Wildman–Crippen MR) is 118 cm³/mol. The maximum Gasteiger partial charge on any atom is 0.254 e. The molecule has 9 heteroatoms. The summed E-state index contributed by atoms with van der Waals surface area (Å²) in [7, 11) is 1.64. The Morgan fingerprint density at radius 2 is 1.73 bits per heavy atom. The van der Waals surface area contributed by atoms with Crippen LogP contribution in [0.1, 0.15) is 30.6 Å². The van der Waals surface area contributed by atoms with Crippen LogP contribution in [0.15, 0.2) is 54.6 Å². The van der Waals surface area contributed by atoms with Gasteiger partial charge in [0.2, 0.25) is 11.8 Å². The van der Waals surface area contributed by atoms with Gasteiger partial charge in [-0.3, -0.25) is 14.4 Å². The zero-order valence-electron chi connectivity index (χ0n) is 18.2. The number of carbonyl (C=O) groups is 3. The number of nitrogens with zero attached hydrogens (tertiary/aromatic N) is 1. The van der Waals surface area contributed by atoms with E-state index in [9.17, 15) is 28.3 Å². The molecule has 33 heavy (non-hydrogen) atoms. The molecule has 0 fully saturated rings. The van der Waals surface area contributed by atoms with Gasteiger partial charge in [0.1, 0.15) is 23.7 Å². The van der Waals surface area contributed by atoms with Gasteiger partial charge in [0.05, 0.1) is 0 Å². The van der Waals surface area contributed by atoms with Gasteiger partial charge in [-0.15, -0.1) is 0 Å². The molecule has 0 radical (unpaired) electrons. The van der Waals surface area contributed by atoms with Crippen molar-refractivity contribution in [1.29, 1.82) is 0 Å². The van der Waals surface area contributed by atoms with Gasteiger partial charge in [0.25, 0.3) is 5.91 Å². The lowest BCUT2D eigenvalue weighted by molar-refractivity contribution is -0.136. The molecule has 1 heterocycles. The van der Waals surface area contributed by atoms with Crippen LogP contribution in [0.3, 0.4) is 0 Å². The molecule has 3 N–H and O–H groups in total. The third-order valence-electron chi connectivity index (χ3n) is 5.34. The summed E-state index contributed by atoms with van der Waals surface area (Å²) < 4.78 is 26.7. The van der Waals surface area contributed by atoms with Crippen molar-refractivity contribution in [3.63, 3.8) is 0 Å². The van der Waals surface area contributed by atoms with E-state index >= 15 is 0 Å². The summed E-state index contributed by atoms with van der Waals surface area (Å²) in [5.74, 6) is -3.80. The maximum absolute atomic E-state index is 13.4. The lowest BCUT2D eigenvalue weighted by Crippen LogP contribution is -2.53. The Kier molecular flexibility index (Phi) is 7.55. The summed E-state index contributed by atoms with van der Waals surface area (Å²) in [6.07, 6.45) is 0.297. The van der Waals surface area contributed by atoms with Crippen molar-refractivity contribution < 1.29 is 28.3 Å². The Morgan fingerprint density at radius 3 is 2.36 bits per heavy atom. The Morgan fingerprint density at radius 1 is 1.09 bits per heavy atom. The molecule has 0 unspecified atom stereocenters. The average Bonchev–Trinajstić information content (AvgIpc) is 2.92. The smallest absolute Gasteiger partial charge is 0.254 e. The van der Waals surface area contributed by atoms with E-state index in [1.54, 1.807) is 7.05 Å². The van der Waals surface area contributed by atoms with Crippen LogP contribution in [0, 0.1) is 11.6 Å². The minimum atomic E-state index is -1.87. The molecule has 0 aromatic heterocycles. The van der Waals surface area contributed by atoms with E-state index in [4.69, 9.17) is 0 Å². The van der Waals surface area contributed by atoms with Gasteiger partial charge >= 0.3 is 0 Å². The lowest BCUT2D eigenvalue weighted by Gasteiger charge is -2.23. The number of nitrogens with one attached hydrogen (secondary N) is 2. The highest BCUT2D eigenvalue weighted by molar-refractivity contribution is 5.93. The largest absolute Gasteiger partial charge is 0.378 e. The number of aliphatic hydroxyl groups is 1. The highest BCUT2D eigenvalue weighted by atomic mass is 19.1. The molecule has 0 bridgehead atoms. The number of hydrogen-bond donors (Lipinski definition) is 3. The summed E-state index contributed by atoms with van der Waals surface area (Å²) in [5, 5.41) is 15.0. The van der Waals surface area contributed by atoms with Crippen molar-refractivity contribution in [2.75, 3.05) is 13.6 Å². The minimum absolute atomic E-state index is 0.269. The van der Waals surface area contributed by atoms with E-state index in [2.05, 4.69) is 10.6 Å². The van der Waals surface area contributed by atoms with Crippen LogP contribution in [0.25, 0.3) is 5.57 Å². The maximum atomic E-state index is 13.4. The van der Waals surface area contributed by atoms with E-state index in [-0.39, 0.29) is 17.9 Å². The summed E-state index contributed by atoms with van der Waals surface area (Å²) in [5.41, 5.74) is 1.65. The molecule has 0 spiro atoms. The third kappa shape index (κ3) is 6.01. The molecule has 3 atom stereocenters. The topological polar surface area (TPSA) is 98.7 Å². The normalized spacial score (nSPS) is 18.1. The first kappa shape index (κ1) is 24.1. The second kappa shape index (κ2) is 10.4. The first-order chi connectivity index (χ1) is 15.7. The van der Waals surface area contributed by atoms with Crippen LogP contribution in [-0.4, -0.2) is 53.4 Å². The van der Waals surface area contributed by atoms with Crippen LogP contribution in [-0.2, 0) is 14.4 Å². The SMILES string of the molecule is C[C@H](NC(=O)[C@H](O)c1cc(F)cc(F)c1)C(=O)N[C@H]1CC=C(c2ccccc2)CN(C)C1=O. The van der Waals surface area contributed by atoms with Gasteiger partial charge in [-0.1, -0.05) is 36.4 Å². The predicted octanol–water partition coefficient (Wildman–Crippen LogP) is 1.93. The van der Waals surface area contributed by atoms with Gasteiger partial charge in [0.15, 0.2) is 6.10 Å². The van der Waals surface area contributed by atoms with Crippen molar-refractivity contribution >= 4 is 23.3 Å². The lowest BCUT2D eigenvalue weighted by atomic mass is 10.0. The van der Waals surface area contributed by atoms with Crippen LogP contribution in [0.2, 0.25) is 0 Å². The monoisotopic (exact) mass is 457 g/mol. The molecule has 3 amide bonds. The van der Waals surface area contributed by atoms with Crippen LogP contribution >= 0.6 is 0 Å². The van der Waals surface area contributed by atoms with Gasteiger partial charge in [-0.05, 0) is 42.2 Å². The van der Waals surface area contributed by atoms with Crippen molar-refractivity contribution in [3.8, 4) is 0 Å². The van der Waals surface area contributed by atoms with Crippen molar-refractivity contribution in [2.45, 2.75) is 31.5 Å². The van der Waals surface area contributed by atoms with E-state index in [1.807, 2.05) is 36.4 Å². The molecular formula is C24H25F2N3O4. The van der Waals surface area contributed by atoms with E-state index in [1.165, 1.54) is 11.8 Å². The number of aliphatic hydroxyl groups excluding tert-OH is 1. The number of halogens is 2. The van der Waals surface area contributed by atoms with Crippen molar-refractivity contribution in [3.05, 3.63) is 77.4 Å². The number of carbonyl (C=O) groups excluding carboxylic acids is 3. The fraction of sp³-hybridized carbons (Fsp3) is 0.292. The molecule has 2 aromatic carbocycles. The molecule has 3 rings (SSSR count). The van der Waals surface area contributed by atoms with E-state index in [0.717, 1.165) is 23.3 Å². The van der Waals surface area contributed by atoms with E-state index < -0.39 is 41.6 Å². The quantitative estimate of drug-likeness (QED) is 0.618. The second-order valence-electron chi connectivity index (χ2n) is 7.92. The summed E-state index contributed by atoms with van der Waals surface area (Å²) in [6, 6.07) is 9.92. The van der Waals surface area contributed by atoms with E-state index in [0.29, 0.717) is 12.6 Å². The number of amides is 3. The van der Waals surface area contributed by atoms with Crippen LogP contribution in [0.4, 0.5) is 8.78 Å². The Labute approximate surface area is 190 Å². The van der Waals surface area contributed by atoms with Crippen molar-refractivity contribution in [1.82, 2.24) is 15.5 Å². The molecule has 7 nitrogen and oxygen atoms in total. The molecule has 2 aromatic rings. The number of hydrogen-bond acceptors (Lipinski definition) is 4. The minimum Gasteiger partial charge on any atom is -0.378 e. The fourth-order valence-electron chi connectivity index (χ4n) is 3.55. The fourth-order valence-corrected chi connectivity index (χ4v) is 3.55. The van der Waals surface area contributed by atoms with Gasteiger partial charge in [-0.25, -0.2) is 8.78 Å². The molecule has 0 saturated carbocycles. The molecule has 0 saturated heterocycles. The number of likely N-dealkylation sites (N-methyl/N-ethyl adjacent to an activating group) is 1. The highest BCUT2D eigenvalue weighted by Crippen LogP contribution is 2.21. The van der Waals surface area contributed by atoms with Crippen LogP contribution in [0.5, 0.6) is 0 Å². The Hall–Kier alpha value is -3.59. The molecule has 1 aliphatic heterocycles. The first-order valence-electron chi connectivity index (χ1n) is 10.4. The van der Waals surface area contributed by atoms with Gasteiger partial charge in [0, 0.05) is 19.7 Å². The molecular weight excluding hydrogens is 432 g/mol. The standard InChI is InChI=1S/C24H25F2N3O4/c1-14(27-23(32)21(30)17-10-18(25)12-19(26)11-17)22(31)28-20-9-8-16(13-29(2)24(20)33)15-6-4-3-5-7-15/h3-8,10-12,14,20-21,30H,9,13H2,1-2H3,(H,27,32)(H,28,31)/t14-,20-,21+/m0/s1. The third-order valence-corrected chi connectivity index (χ3v) is 5.34. The zero-order valence-corrected chi connectivity index (χ0v) is 18.2. The summed E-state index contributed by atoms with van der Waals surface area (Å²) in [6.45, 7) is 1.76. The second-order valence-corrected chi connectivity index (χ2v) is 7.92. The Balaban J connectivity index is 1.64. The van der Waals surface area contributed by atoms with Gasteiger partial charge < -0.3 is 20.6 Å². The van der Waals surface area contributed by atoms with Crippen LogP contribution < -0.4 is 10.6 Å².